The number of benzene rings is 2. The van der Waals surface area contributed by atoms with Gasteiger partial charge in [0, 0.05) is 31.7 Å². The molecule has 0 unspecified atom stereocenters. The third kappa shape index (κ3) is 6.79. The molecule has 2 N–H and O–H groups in total. The Morgan fingerprint density at radius 1 is 1.14 bits per heavy atom. The van der Waals surface area contributed by atoms with Crippen LogP contribution in [0.15, 0.2) is 36.4 Å². The lowest BCUT2D eigenvalue weighted by Crippen LogP contribution is -2.37. The van der Waals surface area contributed by atoms with Crippen LogP contribution in [-0.2, 0) is 17.5 Å². The molecular weight excluding hydrogens is 504 g/mol. The zero-order valence-electron chi connectivity index (χ0n) is 18.2. The number of methoxy groups -OCH3 is 1. The number of hydrogen-bond acceptors (Lipinski definition) is 4. The van der Waals surface area contributed by atoms with E-state index in [1.165, 1.54) is 13.2 Å². The van der Waals surface area contributed by atoms with E-state index in [-0.39, 0.29) is 34.6 Å². The number of hydrogen-bond donors (Lipinski definition) is 2. The predicted molar refractivity (Wildman–Crippen MR) is 115 cm³/mol. The molecule has 1 saturated heterocycles. The minimum absolute atomic E-state index is 0.0566. The highest BCUT2D eigenvalue weighted by Gasteiger charge is 2.39. The van der Waals surface area contributed by atoms with Gasteiger partial charge in [0.25, 0.3) is 5.91 Å². The molecule has 3 rings (SSSR count). The molecule has 0 bridgehead atoms. The Hall–Kier alpha value is -2.99. The molecule has 1 fully saturated rings. The molecule has 0 aliphatic carbocycles. The molecule has 2 amide bonds. The molecule has 0 aromatic heterocycles. The summed E-state index contributed by atoms with van der Waals surface area (Å²) in [6, 6.07) is 6.76. The highest BCUT2D eigenvalue weighted by Crippen LogP contribution is 2.33. The average molecular weight is 524 g/mol. The first-order chi connectivity index (χ1) is 16.3. The lowest BCUT2D eigenvalue weighted by molar-refractivity contribution is -0.167. The third-order valence-electron chi connectivity index (χ3n) is 5.31. The second-order valence-corrected chi connectivity index (χ2v) is 8.28. The minimum atomic E-state index is -5.13. The molecule has 1 atom stereocenters. The maximum atomic E-state index is 12.9. The molecule has 6 nitrogen and oxygen atoms in total. The van der Waals surface area contributed by atoms with Crippen molar-refractivity contribution in [3.63, 3.8) is 0 Å². The van der Waals surface area contributed by atoms with Crippen LogP contribution >= 0.6 is 11.6 Å². The molecule has 0 radical (unpaired) electrons. The molecule has 1 heterocycles. The van der Waals surface area contributed by atoms with Crippen LogP contribution in [0.4, 0.5) is 32.0 Å². The second kappa shape index (κ2) is 10.3. The molecule has 1 aliphatic heterocycles. The van der Waals surface area contributed by atoms with Gasteiger partial charge in [-0.05, 0) is 24.1 Å². The zero-order chi connectivity index (χ0) is 26.0. The Morgan fingerprint density at radius 3 is 2.49 bits per heavy atom. The topological polar surface area (TPSA) is 70.7 Å². The van der Waals surface area contributed by atoms with E-state index in [0.29, 0.717) is 25.1 Å². The fourth-order valence-corrected chi connectivity index (χ4v) is 3.86. The van der Waals surface area contributed by atoms with Crippen LogP contribution in [0, 0.1) is 0 Å². The van der Waals surface area contributed by atoms with E-state index in [0.717, 1.165) is 24.3 Å². The van der Waals surface area contributed by atoms with E-state index in [4.69, 9.17) is 16.3 Å². The molecule has 2 aromatic carbocycles. The maximum Gasteiger partial charge on any atom is 0.471 e. The van der Waals surface area contributed by atoms with Crippen LogP contribution in [0.3, 0.4) is 0 Å². The number of amides is 2. The number of halogens is 7. The molecular formula is C22H20ClF6N3O3. The highest BCUT2D eigenvalue weighted by molar-refractivity contribution is 6.34. The summed E-state index contributed by atoms with van der Waals surface area (Å²) in [6.45, 7) is 1.16. The normalized spacial score (nSPS) is 16.7. The van der Waals surface area contributed by atoms with Gasteiger partial charge in [-0.2, -0.15) is 26.3 Å². The molecule has 1 aliphatic rings. The first kappa shape index (κ1) is 26.6. The zero-order valence-corrected chi connectivity index (χ0v) is 18.9. The number of carbonyl (C=O) groups excluding carboxylic acids is 2. The summed E-state index contributed by atoms with van der Waals surface area (Å²) in [7, 11) is 1.20. The molecule has 35 heavy (non-hydrogen) atoms. The second-order valence-electron chi connectivity index (χ2n) is 7.88. The van der Waals surface area contributed by atoms with Crippen LogP contribution in [0.2, 0.25) is 5.02 Å². The van der Waals surface area contributed by atoms with E-state index in [9.17, 15) is 35.9 Å². The van der Waals surface area contributed by atoms with Crippen molar-refractivity contribution in [3.05, 3.63) is 58.1 Å². The van der Waals surface area contributed by atoms with E-state index in [2.05, 4.69) is 5.32 Å². The van der Waals surface area contributed by atoms with Crippen molar-refractivity contribution in [1.29, 1.82) is 0 Å². The maximum absolute atomic E-state index is 12.9. The summed E-state index contributed by atoms with van der Waals surface area (Å²) in [5, 5.41) is 4.09. The van der Waals surface area contributed by atoms with E-state index < -0.39 is 29.7 Å². The quantitative estimate of drug-likeness (QED) is 0.530. The van der Waals surface area contributed by atoms with E-state index >= 15 is 0 Å². The monoisotopic (exact) mass is 523 g/mol. The number of alkyl halides is 6. The predicted octanol–water partition coefficient (Wildman–Crippen LogP) is 4.87. The Labute approximate surface area is 201 Å². The minimum Gasteiger partial charge on any atom is -0.496 e. The van der Waals surface area contributed by atoms with Crippen molar-refractivity contribution in [3.8, 4) is 5.75 Å². The number of carbonyl (C=O) groups is 2. The van der Waals surface area contributed by atoms with E-state index in [1.54, 1.807) is 11.4 Å². The fourth-order valence-electron chi connectivity index (χ4n) is 3.65. The van der Waals surface area contributed by atoms with Crippen LogP contribution in [0.5, 0.6) is 5.75 Å². The summed E-state index contributed by atoms with van der Waals surface area (Å²) in [4.78, 5) is 25.9. The van der Waals surface area contributed by atoms with Gasteiger partial charge in [-0.25, -0.2) is 0 Å². The first-order valence-electron chi connectivity index (χ1n) is 10.2. The molecule has 2 aromatic rings. The van der Waals surface area contributed by atoms with Gasteiger partial charge in [-0.15, -0.1) is 0 Å². The fraction of sp³-hybridized carbons (Fsp3) is 0.364. The summed E-state index contributed by atoms with van der Waals surface area (Å²) in [6.07, 6.45) is -9.04. The van der Waals surface area contributed by atoms with Gasteiger partial charge < -0.3 is 15.4 Å². The van der Waals surface area contributed by atoms with Gasteiger partial charge in [0.15, 0.2) is 0 Å². The van der Waals surface area contributed by atoms with Crippen molar-refractivity contribution in [2.24, 2.45) is 0 Å². The Morgan fingerprint density at radius 2 is 1.86 bits per heavy atom. The summed E-state index contributed by atoms with van der Waals surface area (Å²) in [5.41, 5.74) is -0.691. The van der Waals surface area contributed by atoms with Gasteiger partial charge in [0.2, 0.25) is 0 Å². The smallest absolute Gasteiger partial charge is 0.471 e. The largest absolute Gasteiger partial charge is 0.496 e. The standard InChI is InChI=1S/C22H20ClF6N3O3/c1-35-18-9-17(31-20(34)22(27,28)29)16(23)8-15(18)19(33)30-14-5-6-32(11-14)10-12-3-2-4-13(7-12)21(24,25)26/h2-4,7-9,14H,5-6,10-11H2,1H3,(H,30,33)(H,31,34)/t14-/m0/s1. The number of anilines is 1. The van der Waals surface area contributed by atoms with Crippen LogP contribution in [-0.4, -0.2) is 49.1 Å². The van der Waals surface area contributed by atoms with Gasteiger partial charge in [0.05, 0.1) is 28.9 Å². The Kier molecular flexibility index (Phi) is 7.85. The number of nitrogens with one attached hydrogen (secondary N) is 2. The van der Waals surface area contributed by atoms with Crippen molar-refractivity contribution in [1.82, 2.24) is 10.2 Å². The van der Waals surface area contributed by atoms with Gasteiger partial charge in [-0.1, -0.05) is 29.8 Å². The van der Waals surface area contributed by atoms with E-state index in [1.807, 2.05) is 4.90 Å². The average Bonchev–Trinajstić information content (AvgIpc) is 3.20. The van der Waals surface area contributed by atoms with Gasteiger partial charge >= 0.3 is 18.3 Å². The number of rotatable bonds is 6. The van der Waals surface area contributed by atoms with Crippen LogP contribution in [0.25, 0.3) is 0 Å². The molecule has 0 spiro atoms. The Balaban J connectivity index is 1.65. The van der Waals surface area contributed by atoms with Gasteiger partial charge in [0.1, 0.15) is 5.75 Å². The number of nitrogens with zero attached hydrogens (tertiary/aromatic N) is 1. The highest BCUT2D eigenvalue weighted by atomic mass is 35.5. The van der Waals surface area contributed by atoms with Crippen molar-refractivity contribution >= 4 is 29.1 Å². The Bertz CT molecular complexity index is 1110. The molecule has 190 valence electrons. The number of likely N-dealkylation sites (tertiary alicyclic amines) is 1. The lowest BCUT2D eigenvalue weighted by Gasteiger charge is -2.19. The van der Waals surface area contributed by atoms with Crippen LogP contribution < -0.4 is 15.4 Å². The molecule has 13 heteroatoms. The SMILES string of the molecule is COc1cc(NC(=O)C(F)(F)F)c(Cl)cc1C(=O)N[C@H]1CCN(Cc2cccc(C(F)(F)F)c2)C1. The van der Waals surface area contributed by atoms with Crippen molar-refractivity contribution in [2.45, 2.75) is 31.4 Å². The summed E-state index contributed by atoms with van der Waals surface area (Å²) >= 11 is 5.97. The summed E-state index contributed by atoms with van der Waals surface area (Å²) < 4.78 is 81.4. The van der Waals surface area contributed by atoms with Crippen LogP contribution in [0.1, 0.15) is 27.9 Å². The van der Waals surface area contributed by atoms with Crippen molar-refractivity contribution < 1.29 is 40.7 Å². The number of ether oxygens (including phenoxy) is 1. The van der Waals surface area contributed by atoms with Crippen molar-refractivity contribution in [2.75, 3.05) is 25.5 Å². The van der Waals surface area contributed by atoms with Gasteiger partial charge in [-0.3, -0.25) is 14.5 Å². The third-order valence-corrected chi connectivity index (χ3v) is 5.62. The molecule has 0 saturated carbocycles. The summed E-state index contributed by atoms with van der Waals surface area (Å²) in [5.74, 6) is -2.95. The lowest BCUT2D eigenvalue weighted by atomic mass is 10.1. The first-order valence-corrected chi connectivity index (χ1v) is 10.6.